The molecule has 0 aromatic heterocycles. The topological polar surface area (TPSA) is 142 Å². The molecule has 0 bridgehead atoms. The fourth-order valence-corrected chi connectivity index (χ4v) is 1.57. The van der Waals surface area contributed by atoms with Gasteiger partial charge < -0.3 is 35.6 Å². The van der Waals surface area contributed by atoms with Crippen LogP contribution in [0.2, 0.25) is 0 Å². The summed E-state index contributed by atoms with van der Waals surface area (Å²) in [7, 11) is 0. The van der Waals surface area contributed by atoms with Crippen molar-refractivity contribution in [3.8, 4) is 0 Å². The Kier molecular flexibility index (Phi) is 4.80. The van der Waals surface area contributed by atoms with Crippen molar-refractivity contribution in [3.63, 3.8) is 0 Å². The van der Waals surface area contributed by atoms with Crippen LogP contribution in [0.3, 0.4) is 0 Å². The molecule has 0 radical (unpaired) electrons. The first-order valence-corrected chi connectivity index (χ1v) is 5.14. The normalized spacial score (nSPS) is 39.9. The molecular formula is C9H17NO7. The number of aliphatic hydroxyl groups excluding tert-OH is 3. The highest BCUT2D eigenvalue weighted by Gasteiger charge is 2.44. The predicted octanol–water partition coefficient (Wildman–Crippen LogP) is -2.76. The van der Waals surface area contributed by atoms with Crippen LogP contribution in [-0.4, -0.2) is 69.8 Å². The number of carbonyl (C=O) groups is 1. The summed E-state index contributed by atoms with van der Waals surface area (Å²) in [5, 5.41) is 36.8. The second-order valence-electron chi connectivity index (χ2n) is 3.90. The van der Waals surface area contributed by atoms with Gasteiger partial charge in [-0.2, -0.15) is 0 Å². The number of nitrogens with two attached hydrogens (primary N) is 1. The molecule has 1 saturated heterocycles. The van der Waals surface area contributed by atoms with Crippen molar-refractivity contribution in [2.24, 2.45) is 5.73 Å². The maximum absolute atomic E-state index is 10.6. The molecule has 8 nitrogen and oxygen atoms in total. The molecular weight excluding hydrogens is 234 g/mol. The van der Waals surface area contributed by atoms with E-state index in [0.717, 1.165) is 0 Å². The second kappa shape index (κ2) is 5.71. The summed E-state index contributed by atoms with van der Waals surface area (Å²) in [5.74, 6) is -1.22. The standard InChI is InChI=1S/C9H17NO7/c1-3(8(13)14)16-7-5(10)9(15)17-4(2-11)6(7)12/h3-7,9,11-12,15H,2,10H2,1H3,(H,13,14)/t3-,4+,5+,6+,7+,9?/m0/s1. The van der Waals surface area contributed by atoms with E-state index in [1.165, 1.54) is 6.92 Å². The lowest BCUT2D eigenvalue weighted by Crippen LogP contribution is -2.63. The van der Waals surface area contributed by atoms with Crippen molar-refractivity contribution in [2.75, 3.05) is 6.61 Å². The molecule has 8 heteroatoms. The molecule has 1 aliphatic heterocycles. The highest BCUT2D eigenvalue weighted by atomic mass is 16.6. The summed E-state index contributed by atoms with van der Waals surface area (Å²) in [6.07, 6.45) is -6.11. The number of ether oxygens (including phenoxy) is 2. The zero-order valence-corrected chi connectivity index (χ0v) is 9.26. The fourth-order valence-electron chi connectivity index (χ4n) is 1.57. The highest BCUT2D eigenvalue weighted by Crippen LogP contribution is 2.22. The lowest BCUT2D eigenvalue weighted by Gasteiger charge is -2.41. The van der Waals surface area contributed by atoms with Gasteiger partial charge in [0.1, 0.15) is 18.3 Å². The van der Waals surface area contributed by atoms with Gasteiger partial charge in [-0.25, -0.2) is 4.79 Å². The Hall–Kier alpha value is -0.770. The Labute approximate surface area is 97.6 Å². The Morgan fingerprint density at radius 2 is 2.12 bits per heavy atom. The van der Waals surface area contributed by atoms with Gasteiger partial charge in [-0.15, -0.1) is 0 Å². The minimum atomic E-state index is -1.43. The van der Waals surface area contributed by atoms with E-state index in [1.54, 1.807) is 0 Å². The lowest BCUT2D eigenvalue weighted by molar-refractivity contribution is -0.262. The molecule has 17 heavy (non-hydrogen) atoms. The van der Waals surface area contributed by atoms with Gasteiger partial charge in [0.25, 0.3) is 0 Å². The number of aliphatic hydroxyl groups is 3. The van der Waals surface area contributed by atoms with Crippen LogP contribution in [-0.2, 0) is 14.3 Å². The molecule has 0 aromatic rings. The van der Waals surface area contributed by atoms with Crippen molar-refractivity contribution in [3.05, 3.63) is 0 Å². The summed E-state index contributed by atoms with van der Waals surface area (Å²) in [6, 6.07) is -1.09. The third-order valence-corrected chi connectivity index (χ3v) is 2.63. The molecule has 0 aliphatic carbocycles. The van der Waals surface area contributed by atoms with E-state index in [1.807, 2.05) is 0 Å². The first-order valence-electron chi connectivity index (χ1n) is 5.14. The van der Waals surface area contributed by atoms with Crippen LogP contribution in [0, 0.1) is 0 Å². The molecule has 1 rings (SSSR count). The maximum Gasteiger partial charge on any atom is 0.332 e. The summed E-state index contributed by atoms with van der Waals surface area (Å²) in [5.41, 5.74) is 5.54. The van der Waals surface area contributed by atoms with Crippen molar-refractivity contribution in [2.45, 2.75) is 43.7 Å². The third-order valence-electron chi connectivity index (χ3n) is 2.63. The molecule has 1 heterocycles. The molecule has 1 unspecified atom stereocenters. The van der Waals surface area contributed by atoms with Crippen molar-refractivity contribution in [1.82, 2.24) is 0 Å². The zero-order valence-electron chi connectivity index (χ0n) is 9.26. The number of aliphatic carboxylic acids is 1. The lowest BCUT2D eigenvalue weighted by atomic mass is 9.97. The average molecular weight is 251 g/mol. The quantitative estimate of drug-likeness (QED) is 0.361. The SMILES string of the molecule is C[C@H](O[C@H]1[C@H](O)[C@@H](CO)OC(O)[C@@H]1N)C(=O)O. The predicted molar refractivity (Wildman–Crippen MR) is 53.9 cm³/mol. The average Bonchev–Trinajstić information content (AvgIpc) is 2.28. The van der Waals surface area contributed by atoms with Gasteiger partial charge in [0.15, 0.2) is 12.4 Å². The van der Waals surface area contributed by atoms with Crippen LogP contribution in [0.1, 0.15) is 6.92 Å². The molecule has 100 valence electrons. The fraction of sp³-hybridized carbons (Fsp3) is 0.889. The van der Waals surface area contributed by atoms with E-state index in [0.29, 0.717) is 0 Å². The number of hydrogen-bond donors (Lipinski definition) is 5. The third kappa shape index (κ3) is 3.12. The van der Waals surface area contributed by atoms with Gasteiger partial charge in [0.2, 0.25) is 0 Å². The van der Waals surface area contributed by atoms with Gasteiger partial charge in [-0.3, -0.25) is 0 Å². The van der Waals surface area contributed by atoms with E-state index < -0.39 is 49.3 Å². The van der Waals surface area contributed by atoms with E-state index in [2.05, 4.69) is 0 Å². The number of rotatable bonds is 4. The highest BCUT2D eigenvalue weighted by molar-refractivity contribution is 5.71. The van der Waals surface area contributed by atoms with E-state index >= 15 is 0 Å². The molecule has 6 N–H and O–H groups in total. The number of hydrogen-bond acceptors (Lipinski definition) is 7. The van der Waals surface area contributed by atoms with Gasteiger partial charge in [-0.1, -0.05) is 0 Å². The number of carboxylic acid groups (broad SMARTS) is 1. The zero-order chi connectivity index (χ0) is 13.2. The monoisotopic (exact) mass is 251 g/mol. The molecule has 1 aliphatic rings. The minimum absolute atomic E-state index is 0.535. The summed E-state index contributed by atoms with van der Waals surface area (Å²) >= 11 is 0. The van der Waals surface area contributed by atoms with Gasteiger partial charge in [0, 0.05) is 0 Å². The Bertz CT molecular complexity index is 274. The van der Waals surface area contributed by atoms with Gasteiger partial charge in [-0.05, 0) is 6.92 Å². The molecule has 1 fully saturated rings. The first-order chi connectivity index (χ1) is 7.88. The molecule has 0 saturated carbocycles. The summed E-state index contributed by atoms with van der Waals surface area (Å²) in [6.45, 7) is 0.740. The Morgan fingerprint density at radius 1 is 1.53 bits per heavy atom. The van der Waals surface area contributed by atoms with Crippen molar-refractivity contribution in [1.29, 1.82) is 0 Å². The van der Waals surface area contributed by atoms with Crippen LogP contribution in [0.5, 0.6) is 0 Å². The van der Waals surface area contributed by atoms with E-state index in [-0.39, 0.29) is 0 Å². The largest absolute Gasteiger partial charge is 0.479 e. The van der Waals surface area contributed by atoms with E-state index in [4.69, 9.17) is 25.4 Å². The minimum Gasteiger partial charge on any atom is -0.479 e. The van der Waals surface area contributed by atoms with Crippen LogP contribution >= 0.6 is 0 Å². The van der Waals surface area contributed by atoms with Crippen LogP contribution in [0.15, 0.2) is 0 Å². The van der Waals surface area contributed by atoms with Crippen LogP contribution < -0.4 is 5.73 Å². The molecule has 0 spiro atoms. The van der Waals surface area contributed by atoms with Crippen LogP contribution in [0.25, 0.3) is 0 Å². The van der Waals surface area contributed by atoms with Crippen LogP contribution in [0.4, 0.5) is 0 Å². The first kappa shape index (κ1) is 14.3. The van der Waals surface area contributed by atoms with Crippen molar-refractivity contribution >= 4 is 5.97 Å². The summed E-state index contributed by atoms with van der Waals surface area (Å²) in [4.78, 5) is 10.6. The number of carboxylic acids is 1. The van der Waals surface area contributed by atoms with E-state index in [9.17, 15) is 15.0 Å². The smallest absolute Gasteiger partial charge is 0.332 e. The molecule has 0 amide bonds. The molecule has 6 atom stereocenters. The summed E-state index contributed by atoms with van der Waals surface area (Å²) < 4.78 is 9.89. The second-order valence-corrected chi connectivity index (χ2v) is 3.90. The van der Waals surface area contributed by atoms with Gasteiger partial charge in [0.05, 0.1) is 12.6 Å². The Balaban J connectivity index is 2.74. The molecule has 0 aromatic carbocycles. The Morgan fingerprint density at radius 3 is 2.59 bits per heavy atom. The van der Waals surface area contributed by atoms with Gasteiger partial charge >= 0.3 is 5.97 Å². The van der Waals surface area contributed by atoms with Crippen molar-refractivity contribution < 1.29 is 34.7 Å². The maximum atomic E-state index is 10.6.